The van der Waals surface area contributed by atoms with Gasteiger partial charge in [0.15, 0.2) is 5.96 Å². The molecule has 1 aromatic heterocycles. The van der Waals surface area contributed by atoms with Gasteiger partial charge in [0.25, 0.3) is 0 Å². The van der Waals surface area contributed by atoms with Crippen LogP contribution in [0.4, 0.5) is 0 Å². The molecular weight excluding hydrogens is 483 g/mol. The van der Waals surface area contributed by atoms with Gasteiger partial charge in [-0.15, -0.1) is 24.0 Å². The average Bonchev–Trinajstić information content (AvgIpc) is 2.72. The van der Waals surface area contributed by atoms with Crippen molar-refractivity contribution in [2.24, 2.45) is 10.4 Å². The van der Waals surface area contributed by atoms with E-state index in [2.05, 4.69) is 22.5 Å². The molecule has 1 heterocycles. The minimum Gasteiger partial charge on any atom is -0.475 e. The van der Waals surface area contributed by atoms with Gasteiger partial charge in [0.2, 0.25) is 5.88 Å². The van der Waals surface area contributed by atoms with Crippen LogP contribution in [0.3, 0.4) is 0 Å². The van der Waals surface area contributed by atoms with Crippen molar-refractivity contribution >= 4 is 29.9 Å². The molecule has 1 aliphatic carbocycles. The number of aromatic nitrogens is 1. The Bertz CT molecular complexity index is 572. The first-order chi connectivity index (χ1) is 13.7. The molecule has 0 atom stereocenters. The molecule has 29 heavy (non-hydrogen) atoms. The van der Waals surface area contributed by atoms with Crippen LogP contribution in [0.25, 0.3) is 0 Å². The molecule has 1 fully saturated rings. The van der Waals surface area contributed by atoms with Gasteiger partial charge < -0.3 is 25.2 Å². The summed E-state index contributed by atoms with van der Waals surface area (Å²) in [7, 11) is 1.65. The highest BCUT2D eigenvalue weighted by molar-refractivity contribution is 14.0. The number of aliphatic hydroxyl groups excluding tert-OH is 1. The summed E-state index contributed by atoms with van der Waals surface area (Å²) in [6.07, 6.45) is 8.81. The molecule has 1 saturated carbocycles. The summed E-state index contributed by atoms with van der Waals surface area (Å²) >= 11 is 0. The number of aliphatic imine (C=N–C) groups is 1. The van der Waals surface area contributed by atoms with Crippen molar-refractivity contribution in [2.45, 2.75) is 52.0 Å². The van der Waals surface area contributed by atoms with E-state index in [1.54, 1.807) is 13.3 Å². The van der Waals surface area contributed by atoms with Gasteiger partial charge in [0.05, 0.1) is 13.2 Å². The van der Waals surface area contributed by atoms with Gasteiger partial charge in [0, 0.05) is 39.1 Å². The number of methoxy groups -OCH3 is 1. The number of rotatable bonds is 11. The van der Waals surface area contributed by atoms with E-state index in [4.69, 9.17) is 14.5 Å². The number of hydrogen-bond donors (Lipinski definition) is 3. The quantitative estimate of drug-likeness (QED) is 0.180. The number of nitrogens with zero attached hydrogens (tertiary/aromatic N) is 2. The lowest BCUT2D eigenvalue weighted by Crippen LogP contribution is -2.44. The zero-order valence-electron chi connectivity index (χ0n) is 17.8. The number of ether oxygens (including phenoxy) is 2. The summed E-state index contributed by atoms with van der Waals surface area (Å²) in [6.45, 7) is 5.56. The molecule has 0 radical (unpaired) electrons. The molecule has 8 heteroatoms. The number of pyridine rings is 1. The molecule has 3 N–H and O–H groups in total. The van der Waals surface area contributed by atoms with Gasteiger partial charge in [-0.2, -0.15) is 0 Å². The molecule has 0 unspecified atom stereocenters. The third-order valence-corrected chi connectivity index (χ3v) is 5.29. The van der Waals surface area contributed by atoms with E-state index in [-0.39, 0.29) is 36.0 Å². The van der Waals surface area contributed by atoms with E-state index in [9.17, 15) is 5.11 Å². The number of hydrogen-bond acceptors (Lipinski definition) is 5. The zero-order chi connectivity index (χ0) is 20.1. The highest BCUT2D eigenvalue weighted by atomic mass is 127. The SMILES string of the molecule is CCNC(=NCc1ccc(OCCOC)nc1)NCC1(CCO)CCCCC1.I. The Balaban J connectivity index is 0.00000420. The van der Waals surface area contributed by atoms with Crippen LogP contribution in [-0.4, -0.2) is 56.1 Å². The molecule has 0 amide bonds. The molecule has 2 rings (SSSR count). The molecule has 166 valence electrons. The van der Waals surface area contributed by atoms with Gasteiger partial charge in [-0.1, -0.05) is 25.3 Å². The van der Waals surface area contributed by atoms with E-state index in [0.717, 1.165) is 31.0 Å². The predicted molar refractivity (Wildman–Crippen MR) is 127 cm³/mol. The maximum absolute atomic E-state index is 9.50. The standard InChI is InChI=1S/C21H36N4O3.HI/c1-3-22-20(25-17-21(11-12-26)9-5-4-6-10-21)24-16-18-7-8-19(23-15-18)28-14-13-27-2;/h7-8,15,26H,3-6,9-14,16-17H2,1-2H3,(H2,22,24,25);1H. The van der Waals surface area contributed by atoms with Crippen molar-refractivity contribution in [3.63, 3.8) is 0 Å². The van der Waals surface area contributed by atoms with Gasteiger partial charge in [-0.3, -0.25) is 0 Å². The molecule has 0 bridgehead atoms. The first-order valence-electron chi connectivity index (χ1n) is 10.4. The van der Waals surface area contributed by atoms with Crippen LogP contribution in [0.15, 0.2) is 23.3 Å². The lowest BCUT2D eigenvalue weighted by Gasteiger charge is -2.37. The topological polar surface area (TPSA) is 88.0 Å². The molecule has 0 saturated heterocycles. The highest BCUT2D eigenvalue weighted by Crippen LogP contribution is 2.38. The number of nitrogens with one attached hydrogen (secondary N) is 2. The first kappa shape index (κ1) is 25.9. The maximum atomic E-state index is 9.50. The summed E-state index contributed by atoms with van der Waals surface area (Å²) < 4.78 is 10.5. The van der Waals surface area contributed by atoms with Crippen molar-refractivity contribution in [1.82, 2.24) is 15.6 Å². The van der Waals surface area contributed by atoms with Crippen LogP contribution >= 0.6 is 24.0 Å². The minimum atomic E-state index is 0. The number of halogens is 1. The Kier molecular flexibility index (Phi) is 13.2. The average molecular weight is 520 g/mol. The van der Waals surface area contributed by atoms with Crippen LogP contribution in [0.5, 0.6) is 5.88 Å². The van der Waals surface area contributed by atoms with Crippen LogP contribution in [-0.2, 0) is 11.3 Å². The van der Waals surface area contributed by atoms with Gasteiger partial charge in [0.1, 0.15) is 6.61 Å². The molecule has 0 aromatic carbocycles. The van der Waals surface area contributed by atoms with Crippen molar-refractivity contribution in [1.29, 1.82) is 0 Å². The molecular formula is C21H37IN4O3. The molecule has 0 spiro atoms. The summed E-state index contributed by atoms with van der Waals surface area (Å²) in [6, 6.07) is 3.84. The predicted octanol–water partition coefficient (Wildman–Crippen LogP) is 3.11. The molecule has 0 aliphatic heterocycles. The molecule has 1 aliphatic rings. The van der Waals surface area contributed by atoms with Crippen LogP contribution < -0.4 is 15.4 Å². The lowest BCUT2D eigenvalue weighted by molar-refractivity contribution is 0.131. The fourth-order valence-electron chi connectivity index (χ4n) is 3.66. The van der Waals surface area contributed by atoms with Crippen molar-refractivity contribution in [3.8, 4) is 5.88 Å². The fourth-order valence-corrected chi connectivity index (χ4v) is 3.66. The summed E-state index contributed by atoms with van der Waals surface area (Å²) in [5, 5.41) is 16.3. The third kappa shape index (κ3) is 9.48. The molecule has 7 nitrogen and oxygen atoms in total. The van der Waals surface area contributed by atoms with Gasteiger partial charge >= 0.3 is 0 Å². The Morgan fingerprint density at radius 1 is 1.21 bits per heavy atom. The maximum Gasteiger partial charge on any atom is 0.213 e. The second-order valence-electron chi connectivity index (χ2n) is 7.43. The monoisotopic (exact) mass is 520 g/mol. The normalized spacial score (nSPS) is 16.0. The van der Waals surface area contributed by atoms with Gasteiger partial charge in [-0.25, -0.2) is 9.98 Å². The fraction of sp³-hybridized carbons (Fsp3) is 0.714. The summed E-state index contributed by atoms with van der Waals surface area (Å²) in [5.41, 5.74) is 1.21. The second-order valence-corrected chi connectivity index (χ2v) is 7.43. The van der Waals surface area contributed by atoms with Crippen molar-refractivity contribution in [2.75, 3.05) is 40.0 Å². The van der Waals surface area contributed by atoms with Crippen molar-refractivity contribution in [3.05, 3.63) is 23.9 Å². The van der Waals surface area contributed by atoms with E-state index >= 15 is 0 Å². The summed E-state index contributed by atoms with van der Waals surface area (Å²) in [4.78, 5) is 9.01. The Labute approximate surface area is 192 Å². The van der Waals surface area contributed by atoms with Gasteiger partial charge in [-0.05, 0) is 37.2 Å². The Hall–Kier alpha value is -1.13. The minimum absolute atomic E-state index is 0. The highest BCUT2D eigenvalue weighted by Gasteiger charge is 2.31. The lowest BCUT2D eigenvalue weighted by atomic mass is 9.72. The largest absolute Gasteiger partial charge is 0.475 e. The smallest absolute Gasteiger partial charge is 0.213 e. The zero-order valence-corrected chi connectivity index (χ0v) is 20.1. The Morgan fingerprint density at radius 3 is 2.62 bits per heavy atom. The van der Waals surface area contributed by atoms with Crippen LogP contribution in [0.2, 0.25) is 0 Å². The first-order valence-corrected chi connectivity index (χ1v) is 10.4. The van der Waals surface area contributed by atoms with E-state index < -0.39 is 0 Å². The summed E-state index contributed by atoms with van der Waals surface area (Å²) in [5.74, 6) is 1.41. The van der Waals surface area contributed by atoms with E-state index in [1.165, 1.54) is 32.1 Å². The number of aliphatic hydroxyl groups is 1. The number of guanidine groups is 1. The van der Waals surface area contributed by atoms with Crippen LogP contribution in [0.1, 0.15) is 51.0 Å². The van der Waals surface area contributed by atoms with E-state index in [1.807, 2.05) is 12.1 Å². The molecule has 1 aromatic rings. The third-order valence-electron chi connectivity index (χ3n) is 5.29. The van der Waals surface area contributed by atoms with E-state index in [0.29, 0.717) is 25.6 Å². The second kappa shape index (κ2) is 14.8. The van der Waals surface area contributed by atoms with Crippen molar-refractivity contribution < 1.29 is 14.6 Å². The Morgan fingerprint density at radius 2 is 2.00 bits per heavy atom. The van der Waals surface area contributed by atoms with Crippen LogP contribution in [0, 0.1) is 5.41 Å².